The smallest absolute Gasteiger partial charge is 0.252 e. The van der Waals surface area contributed by atoms with Gasteiger partial charge in [0.15, 0.2) is 11.6 Å². The van der Waals surface area contributed by atoms with Gasteiger partial charge in [-0.2, -0.15) is 5.10 Å². The predicted octanol–water partition coefficient (Wildman–Crippen LogP) is 3.62. The van der Waals surface area contributed by atoms with Crippen molar-refractivity contribution in [1.29, 1.82) is 0 Å². The minimum absolute atomic E-state index is 0.00448. The highest BCUT2D eigenvalue weighted by atomic mass is 19.1. The number of amides is 1. The molecule has 0 unspecified atom stereocenters. The van der Waals surface area contributed by atoms with E-state index < -0.39 is 18.4 Å². The Bertz CT molecular complexity index is 1170. The van der Waals surface area contributed by atoms with Crippen LogP contribution >= 0.6 is 0 Å². The molecule has 1 aliphatic rings. The summed E-state index contributed by atoms with van der Waals surface area (Å²) in [7, 11) is 0. The van der Waals surface area contributed by atoms with Gasteiger partial charge in [0.05, 0.1) is 23.3 Å². The monoisotopic (exact) mass is 457 g/mol. The van der Waals surface area contributed by atoms with E-state index in [1.54, 1.807) is 16.8 Å². The highest BCUT2D eigenvalue weighted by molar-refractivity contribution is 5.99. The largest absolute Gasteiger partial charge is 0.365 e. The molecule has 2 heterocycles. The highest BCUT2D eigenvalue weighted by Gasteiger charge is 2.28. The number of anilines is 3. The number of halogens is 2. The fourth-order valence-corrected chi connectivity index (χ4v) is 3.97. The number of aromatic nitrogens is 3. The molecule has 3 aromatic rings. The number of aryl methyl sites for hydroxylation is 2. The molecule has 0 saturated heterocycles. The molecule has 0 radical (unpaired) electrons. The number of benzene rings is 1. The summed E-state index contributed by atoms with van der Waals surface area (Å²) >= 11 is 0. The molecule has 0 spiro atoms. The summed E-state index contributed by atoms with van der Waals surface area (Å²) in [6.07, 6.45) is 3.12. The van der Waals surface area contributed by atoms with E-state index in [9.17, 15) is 13.6 Å². The third kappa shape index (κ3) is 5.05. The molecule has 33 heavy (non-hydrogen) atoms. The Morgan fingerprint density at radius 1 is 1.30 bits per heavy atom. The zero-order valence-electron chi connectivity index (χ0n) is 18.7. The standard InChI is InChI=1S/C23H29F2N7O/c1-12(26)19(9-14-3-4-14)29-23-18(25)11-17(21(27)33)22(30-23)28-15-5-6-16-13(2)31-32(8-7-24)20(16)10-15/h5-6,10-12,14,19H,3-4,7-9,26H2,1-2H3,(H2,27,33)(H2,28,29,30)/t12-,19+/m0/s1. The van der Waals surface area contributed by atoms with E-state index >= 15 is 0 Å². The van der Waals surface area contributed by atoms with Crippen LogP contribution in [0.15, 0.2) is 24.3 Å². The molecule has 1 aromatic carbocycles. The van der Waals surface area contributed by atoms with Crippen LogP contribution in [0.5, 0.6) is 0 Å². The SMILES string of the molecule is Cc1nn(CCF)c2cc(Nc3nc(N[C@H](CC4CC4)[C@H](C)N)c(F)cc3C(N)=O)ccc12. The lowest BCUT2D eigenvalue weighted by molar-refractivity contribution is 0.100. The van der Waals surface area contributed by atoms with Gasteiger partial charge < -0.3 is 22.1 Å². The topological polar surface area (TPSA) is 124 Å². The summed E-state index contributed by atoms with van der Waals surface area (Å²) < 4.78 is 29.3. The van der Waals surface area contributed by atoms with Gasteiger partial charge in [-0.05, 0) is 50.5 Å². The van der Waals surface area contributed by atoms with Crippen molar-refractivity contribution < 1.29 is 13.6 Å². The zero-order valence-corrected chi connectivity index (χ0v) is 18.7. The Balaban J connectivity index is 1.67. The minimum Gasteiger partial charge on any atom is -0.365 e. The number of nitrogens with one attached hydrogen (secondary N) is 2. The van der Waals surface area contributed by atoms with Crippen LogP contribution in [0.3, 0.4) is 0 Å². The van der Waals surface area contributed by atoms with Crippen LogP contribution < -0.4 is 22.1 Å². The van der Waals surface area contributed by atoms with Gasteiger partial charge in [0.2, 0.25) is 0 Å². The van der Waals surface area contributed by atoms with Gasteiger partial charge in [-0.25, -0.2) is 13.8 Å². The molecular weight excluding hydrogens is 428 g/mol. The van der Waals surface area contributed by atoms with Crippen molar-refractivity contribution in [3.05, 3.63) is 41.3 Å². The first-order valence-corrected chi connectivity index (χ1v) is 11.1. The van der Waals surface area contributed by atoms with Crippen LogP contribution in [0, 0.1) is 18.7 Å². The van der Waals surface area contributed by atoms with Gasteiger partial charge in [0.25, 0.3) is 5.91 Å². The van der Waals surface area contributed by atoms with Crippen molar-refractivity contribution in [3.63, 3.8) is 0 Å². The maximum absolute atomic E-state index is 14.8. The number of carbonyl (C=O) groups excluding carboxylic acids is 1. The number of rotatable bonds is 10. The average molecular weight is 458 g/mol. The lowest BCUT2D eigenvalue weighted by Gasteiger charge is -2.24. The molecule has 4 rings (SSSR count). The molecule has 1 amide bonds. The van der Waals surface area contributed by atoms with Gasteiger partial charge in [0, 0.05) is 23.2 Å². The number of nitrogens with zero attached hydrogens (tertiary/aromatic N) is 3. The van der Waals surface area contributed by atoms with E-state index in [2.05, 4.69) is 20.7 Å². The molecular formula is C23H29F2N7O. The Morgan fingerprint density at radius 3 is 2.70 bits per heavy atom. The van der Waals surface area contributed by atoms with Gasteiger partial charge in [-0.3, -0.25) is 9.48 Å². The summed E-state index contributed by atoms with van der Waals surface area (Å²) in [4.78, 5) is 16.3. The molecule has 2 aromatic heterocycles. The summed E-state index contributed by atoms with van der Waals surface area (Å²) in [6, 6.07) is 6.14. The normalized spacial score (nSPS) is 15.4. The average Bonchev–Trinajstić information content (AvgIpc) is 3.53. The van der Waals surface area contributed by atoms with Crippen molar-refractivity contribution in [2.45, 2.75) is 51.7 Å². The molecule has 1 fully saturated rings. The molecule has 2 atom stereocenters. The van der Waals surface area contributed by atoms with Gasteiger partial charge >= 0.3 is 0 Å². The summed E-state index contributed by atoms with van der Waals surface area (Å²) in [5, 5.41) is 11.4. The van der Waals surface area contributed by atoms with Crippen molar-refractivity contribution in [2.24, 2.45) is 17.4 Å². The third-order valence-corrected chi connectivity index (χ3v) is 5.98. The van der Waals surface area contributed by atoms with Gasteiger partial charge in [-0.1, -0.05) is 12.8 Å². The Labute approximate surface area is 190 Å². The first-order chi connectivity index (χ1) is 15.8. The number of pyridine rings is 1. The van der Waals surface area contributed by atoms with Crippen molar-refractivity contribution in [2.75, 3.05) is 17.3 Å². The van der Waals surface area contributed by atoms with E-state index in [0.29, 0.717) is 11.6 Å². The summed E-state index contributed by atoms with van der Waals surface area (Å²) in [5.74, 6) is -0.776. The lowest BCUT2D eigenvalue weighted by atomic mass is 10.0. The molecule has 6 N–H and O–H groups in total. The highest BCUT2D eigenvalue weighted by Crippen LogP contribution is 2.35. The zero-order chi connectivity index (χ0) is 23.7. The number of carbonyl (C=O) groups is 1. The van der Waals surface area contributed by atoms with Crippen LogP contribution in [0.25, 0.3) is 10.9 Å². The minimum atomic E-state index is -0.809. The molecule has 176 valence electrons. The van der Waals surface area contributed by atoms with Crippen LogP contribution in [-0.4, -0.2) is 39.4 Å². The molecule has 1 saturated carbocycles. The number of hydrogen-bond donors (Lipinski definition) is 4. The van der Waals surface area contributed by atoms with E-state index in [0.717, 1.165) is 41.9 Å². The maximum atomic E-state index is 14.8. The van der Waals surface area contributed by atoms with Crippen LogP contribution in [-0.2, 0) is 6.54 Å². The van der Waals surface area contributed by atoms with Crippen LogP contribution in [0.1, 0.15) is 42.2 Å². The second-order valence-corrected chi connectivity index (χ2v) is 8.72. The fourth-order valence-electron chi connectivity index (χ4n) is 3.97. The van der Waals surface area contributed by atoms with Crippen LogP contribution in [0.4, 0.5) is 26.1 Å². The molecule has 1 aliphatic carbocycles. The van der Waals surface area contributed by atoms with Crippen LogP contribution in [0.2, 0.25) is 0 Å². The van der Waals surface area contributed by atoms with Crippen molar-refractivity contribution in [3.8, 4) is 0 Å². The van der Waals surface area contributed by atoms with E-state index in [1.807, 2.05) is 19.9 Å². The fraction of sp³-hybridized carbons (Fsp3) is 0.435. The molecule has 0 bridgehead atoms. The maximum Gasteiger partial charge on any atom is 0.252 e. The Kier molecular flexibility index (Phi) is 6.46. The predicted molar refractivity (Wildman–Crippen MR) is 125 cm³/mol. The quantitative estimate of drug-likeness (QED) is 0.369. The Hall–Kier alpha value is -3.27. The van der Waals surface area contributed by atoms with Crippen molar-refractivity contribution >= 4 is 34.1 Å². The summed E-state index contributed by atoms with van der Waals surface area (Å²) in [6.45, 7) is 3.30. The number of hydrogen-bond acceptors (Lipinski definition) is 6. The molecule has 8 nitrogen and oxygen atoms in total. The first kappa shape index (κ1) is 22.9. The Morgan fingerprint density at radius 2 is 2.06 bits per heavy atom. The second-order valence-electron chi connectivity index (χ2n) is 8.72. The lowest BCUT2D eigenvalue weighted by Crippen LogP contribution is -2.39. The van der Waals surface area contributed by atoms with E-state index in [1.165, 1.54) is 0 Å². The van der Waals surface area contributed by atoms with Crippen molar-refractivity contribution in [1.82, 2.24) is 14.8 Å². The summed E-state index contributed by atoms with van der Waals surface area (Å²) in [5.41, 5.74) is 13.6. The van der Waals surface area contributed by atoms with E-state index in [4.69, 9.17) is 11.5 Å². The number of alkyl halides is 1. The third-order valence-electron chi connectivity index (χ3n) is 5.98. The second kappa shape index (κ2) is 9.30. The molecule has 0 aliphatic heterocycles. The van der Waals surface area contributed by atoms with Gasteiger partial charge in [-0.15, -0.1) is 0 Å². The van der Waals surface area contributed by atoms with Gasteiger partial charge in [0.1, 0.15) is 12.5 Å². The molecule has 10 heteroatoms. The number of fused-ring (bicyclic) bond motifs is 1. The number of nitrogens with two attached hydrogens (primary N) is 2. The number of primary amides is 1. The van der Waals surface area contributed by atoms with E-state index in [-0.39, 0.29) is 35.8 Å². The first-order valence-electron chi connectivity index (χ1n) is 11.1.